The maximum Gasteiger partial charge on any atom is 0.148 e. The van der Waals surface area contributed by atoms with Gasteiger partial charge in [-0.15, -0.1) is 6.42 Å². The van der Waals surface area contributed by atoms with Gasteiger partial charge >= 0.3 is 0 Å². The van der Waals surface area contributed by atoms with E-state index >= 15 is 0 Å². The van der Waals surface area contributed by atoms with Crippen LogP contribution in [0, 0.1) is 12.3 Å². The van der Waals surface area contributed by atoms with Crippen LogP contribution in [0.5, 0.6) is 5.75 Å². The number of rotatable bonds is 6. The van der Waals surface area contributed by atoms with Crippen molar-refractivity contribution in [2.75, 3.05) is 6.61 Å². The normalized spacial score (nSPS) is 11.7. The van der Waals surface area contributed by atoms with Crippen molar-refractivity contribution < 1.29 is 4.74 Å². The summed E-state index contributed by atoms with van der Waals surface area (Å²) in [6.45, 7) is 3.15. The minimum absolute atomic E-state index is 0.269. The van der Waals surface area contributed by atoms with E-state index in [4.69, 9.17) is 11.2 Å². The molecule has 0 unspecified atom stereocenters. The quantitative estimate of drug-likeness (QED) is 0.789. The van der Waals surface area contributed by atoms with E-state index in [2.05, 4.69) is 52.3 Å². The van der Waals surface area contributed by atoms with E-state index < -0.39 is 0 Å². The molecule has 0 aliphatic rings. The van der Waals surface area contributed by atoms with E-state index in [0.717, 1.165) is 22.3 Å². The number of nitrogens with one attached hydrogen (secondary N) is 1. The number of benzene rings is 2. The number of halogens is 1. The highest BCUT2D eigenvalue weighted by atomic mass is 79.9. The molecule has 2 rings (SSSR count). The minimum Gasteiger partial charge on any atom is -0.481 e. The summed E-state index contributed by atoms with van der Waals surface area (Å²) in [7, 11) is 0. The molecule has 0 aliphatic heterocycles. The smallest absolute Gasteiger partial charge is 0.148 e. The van der Waals surface area contributed by atoms with E-state index in [0.29, 0.717) is 0 Å². The third-order valence-electron chi connectivity index (χ3n) is 3.23. The Labute approximate surface area is 134 Å². The van der Waals surface area contributed by atoms with Crippen LogP contribution in [-0.2, 0) is 6.54 Å². The van der Waals surface area contributed by atoms with Crippen LogP contribution in [0.3, 0.4) is 0 Å². The standard InChI is InChI=1S/C18H18BrNO/c1-3-11-21-18-10-9-17(19)12-16(18)13-20-14(2)15-7-5-4-6-8-15/h1,4-10,12,14,20H,11,13H2,2H3/t14-/m1/s1. The lowest BCUT2D eigenvalue weighted by Crippen LogP contribution is -2.18. The van der Waals surface area contributed by atoms with E-state index in [1.807, 2.05) is 30.3 Å². The highest BCUT2D eigenvalue weighted by Crippen LogP contribution is 2.24. The second-order valence-corrected chi connectivity index (χ2v) is 5.67. The summed E-state index contributed by atoms with van der Waals surface area (Å²) < 4.78 is 6.61. The molecular weight excluding hydrogens is 326 g/mol. The topological polar surface area (TPSA) is 21.3 Å². The molecule has 0 spiro atoms. The van der Waals surface area contributed by atoms with Gasteiger partial charge in [0.2, 0.25) is 0 Å². The Morgan fingerprint density at radius 3 is 2.71 bits per heavy atom. The van der Waals surface area contributed by atoms with Gasteiger partial charge in [0.25, 0.3) is 0 Å². The van der Waals surface area contributed by atoms with Crippen LogP contribution >= 0.6 is 15.9 Å². The van der Waals surface area contributed by atoms with Crippen molar-refractivity contribution in [2.45, 2.75) is 19.5 Å². The molecule has 0 aromatic heterocycles. The Morgan fingerprint density at radius 2 is 2.00 bits per heavy atom. The Morgan fingerprint density at radius 1 is 1.24 bits per heavy atom. The van der Waals surface area contributed by atoms with Crippen molar-refractivity contribution in [1.82, 2.24) is 5.32 Å². The minimum atomic E-state index is 0.269. The first-order chi connectivity index (χ1) is 10.2. The van der Waals surface area contributed by atoms with Gasteiger partial charge in [-0.3, -0.25) is 0 Å². The predicted molar refractivity (Wildman–Crippen MR) is 90.2 cm³/mol. The second-order valence-electron chi connectivity index (χ2n) is 4.76. The average molecular weight is 344 g/mol. The molecular formula is C18H18BrNO. The molecule has 0 saturated heterocycles. The molecule has 2 aromatic carbocycles. The maximum absolute atomic E-state index is 5.58. The zero-order chi connectivity index (χ0) is 15.1. The largest absolute Gasteiger partial charge is 0.481 e. The summed E-state index contributed by atoms with van der Waals surface area (Å²) >= 11 is 3.49. The van der Waals surface area contributed by atoms with Gasteiger partial charge < -0.3 is 10.1 Å². The maximum atomic E-state index is 5.58. The lowest BCUT2D eigenvalue weighted by molar-refractivity contribution is 0.364. The van der Waals surface area contributed by atoms with Crippen LogP contribution in [0.4, 0.5) is 0 Å². The van der Waals surface area contributed by atoms with Crippen LogP contribution in [0.15, 0.2) is 53.0 Å². The summed E-state index contributed by atoms with van der Waals surface area (Å²) in [6.07, 6.45) is 5.25. The van der Waals surface area contributed by atoms with Gasteiger partial charge in [-0.05, 0) is 30.7 Å². The van der Waals surface area contributed by atoms with Crippen molar-refractivity contribution in [3.05, 3.63) is 64.1 Å². The molecule has 21 heavy (non-hydrogen) atoms. The molecule has 108 valence electrons. The van der Waals surface area contributed by atoms with Gasteiger partial charge in [0, 0.05) is 22.6 Å². The average Bonchev–Trinajstić information content (AvgIpc) is 2.52. The monoisotopic (exact) mass is 343 g/mol. The summed E-state index contributed by atoms with van der Waals surface area (Å²) in [5.41, 5.74) is 2.35. The first-order valence-corrected chi connectivity index (χ1v) is 7.63. The molecule has 0 heterocycles. The van der Waals surface area contributed by atoms with Crippen LogP contribution in [0.2, 0.25) is 0 Å². The molecule has 1 atom stereocenters. The van der Waals surface area contributed by atoms with Gasteiger partial charge in [0.15, 0.2) is 0 Å². The summed E-state index contributed by atoms with van der Waals surface area (Å²) in [5.74, 6) is 3.32. The fourth-order valence-electron chi connectivity index (χ4n) is 2.07. The third kappa shape index (κ3) is 4.63. The van der Waals surface area contributed by atoms with Gasteiger partial charge in [0.05, 0.1) is 0 Å². The van der Waals surface area contributed by atoms with E-state index in [-0.39, 0.29) is 12.6 Å². The van der Waals surface area contributed by atoms with Gasteiger partial charge in [-0.1, -0.05) is 52.2 Å². The van der Waals surface area contributed by atoms with Crippen LogP contribution < -0.4 is 10.1 Å². The highest BCUT2D eigenvalue weighted by Gasteiger charge is 2.08. The Balaban J connectivity index is 2.05. The molecule has 0 amide bonds. The Kier molecular flexibility index (Phi) is 5.86. The Bertz CT molecular complexity index is 619. The number of hydrogen-bond donors (Lipinski definition) is 1. The first-order valence-electron chi connectivity index (χ1n) is 6.83. The molecule has 3 heteroatoms. The Hall–Kier alpha value is -1.76. The first kappa shape index (κ1) is 15.6. The van der Waals surface area contributed by atoms with Crippen LogP contribution in [-0.4, -0.2) is 6.61 Å². The molecule has 2 aromatic rings. The summed E-state index contributed by atoms with van der Waals surface area (Å²) in [6, 6.07) is 16.6. The van der Waals surface area contributed by atoms with Crippen molar-refractivity contribution in [2.24, 2.45) is 0 Å². The molecule has 0 radical (unpaired) electrons. The van der Waals surface area contributed by atoms with E-state index in [9.17, 15) is 0 Å². The molecule has 0 bridgehead atoms. The fraction of sp³-hybridized carbons (Fsp3) is 0.222. The zero-order valence-electron chi connectivity index (χ0n) is 12.0. The summed E-state index contributed by atoms with van der Waals surface area (Å²) in [5, 5.41) is 3.51. The lowest BCUT2D eigenvalue weighted by atomic mass is 10.1. The van der Waals surface area contributed by atoms with Crippen LogP contribution in [0.25, 0.3) is 0 Å². The lowest BCUT2D eigenvalue weighted by Gasteiger charge is -2.16. The molecule has 2 nitrogen and oxygen atoms in total. The number of ether oxygens (including phenoxy) is 1. The molecule has 0 saturated carbocycles. The molecule has 0 aliphatic carbocycles. The number of terminal acetylenes is 1. The van der Waals surface area contributed by atoms with E-state index in [1.54, 1.807) is 0 Å². The van der Waals surface area contributed by atoms with Crippen molar-refractivity contribution in [3.63, 3.8) is 0 Å². The van der Waals surface area contributed by atoms with Crippen molar-refractivity contribution in [3.8, 4) is 18.1 Å². The van der Waals surface area contributed by atoms with Gasteiger partial charge in [0.1, 0.15) is 12.4 Å². The third-order valence-corrected chi connectivity index (χ3v) is 3.73. The SMILES string of the molecule is C#CCOc1ccc(Br)cc1CN[C@H](C)c1ccccc1. The van der Waals surface area contributed by atoms with Crippen LogP contribution in [0.1, 0.15) is 24.1 Å². The summed E-state index contributed by atoms with van der Waals surface area (Å²) in [4.78, 5) is 0. The zero-order valence-corrected chi connectivity index (χ0v) is 13.6. The number of hydrogen-bond acceptors (Lipinski definition) is 2. The van der Waals surface area contributed by atoms with Crippen molar-refractivity contribution >= 4 is 15.9 Å². The van der Waals surface area contributed by atoms with E-state index in [1.165, 1.54) is 5.56 Å². The van der Waals surface area contributed by atoms with Gasteiger partial charge in [-0.25, -0.2) is 0 Å². The van der Waals surface area contributed by atoms with Gasteiger partial charge in [-0.2, -0.15) is 0 Å². The predicted octanol–water partition coefficient (Wildman–Crippen LogP) is 4.31. The fourth-order valence-corrected chi connectivity index (χ4v) is 2.48. The highest BCUT2D eigenvalue weighted by molar-refractivity contribution is 9.10. The second kappa shape index (κ2) is 7.87. The molecule has 0 fully saturated rings. The van der Waals surface area contributed by atoms with Crippen molar-refractivity contribution in [1.29, 1.82) is 0 Å². The molecule has 1 N–H and O–H groups in total.